The number of carboxylic acid groups (broad SMARTS) is 1. The van der Waals surface area contributed by atoms with Crippen LogP contribution in [-0.2, 0) is 4.79 Å². The Morgan fingerprint density at radius 3 is 2.37 bits per heavy atom. The Morgan fingerprint density at radius 2 is 1.89 bits per heavy atom. The fraction of sp³-hybridized carbons (Fsp3) is 0.231. The standard InChI is InChI=1S/C13H15NO5/c1-18-10-6-9(7-11(19-2)13(10)17)4-3-5-14-8-12(15)16/h3-7,17H,8H2,1-2H3,(H,15,16)/b4-3+,14-5?. The molecule has 0 unspecified atom stereocenters. The summed E-state index contributed by atoms with van der Waals surface area (Å²) in [5.41, 5.74) is 0.730. The Kier molecular flexibility index (Phi) is 5.40. The second-order valence-electron chi connectivity index (χ2n) is 3.52. The van der Waals surface area contributed by atoms with Crippen LogP contribution in [0.15, 0.2) is 23.2 Å². The number of carbonyl (C=O) groups is 1. The third kappa shape index (κ3) is 4.34. The van der Waals surface area contributed by atoms with Crippen molar-refractivity contribution in [2.45, 2.75) is 0 Å². The van der Waals surface area contributed by atoms with Gasteiger partial charge in [0.05, 0.1) is 14.2 Å². The molecule has 0 bridgehead atoms. The van der Waals surface area contributed by atoms with Gasteiger partial charge in [0.15, 0.2) is 11.5 Å². The van der Waals surface area contributed by atoms with Crippen molar-refractivity contribution in [2.75, 3.05) is 20.8 Å². The van der Waals surface area contributed by atoms with Gasteiger partial charge in [0.2, 0.25) is 5.75 Å². The highest BCUT2D eigenvalue weighted by atomic mass is 16.5. The molecule has 1 rings (SSSR count). The molecule has 0 saturated heterocycles. The Labute approximate surface area is 110 Å². The van der Waals surface area contributed by atoms with E-state index in [1.807, 2.05) is 0 Å². The smallest absolute Gasteiger partial charge is 0.325 e. The number of phenols is 1. The van der Waals surface area contributed by atoms with E-state index in [0.717, 1.165) is 5.56 Å². The molecule has 0 aliphatic rings. The number of phenolic OH excluding ortho intramolecular Hbond substituents is 1. The number of aliphatic imine (C=N–C) groups is 1. The first-order valence-electron chi connectivity index (χ1n) is 5.41. The number of carboxylic acids is 1. The van der Waals surface area contributed by atoms with E-state index >= 15 is 0 Å². The highest BCUT2D eigenvalue weighted by Crippen LogP contribution is 2.37. The molecule has 0 spiro atoms. The summed E-state index contributed by atoms with van der Waals surface area (Å²) < 4.78 is 10.0. The van der Waals surface area contributed by atoms with Gasteiger partial charge in [0.25, 0.3) is 0 Å². The molecule has 2 N–H and O–H groups in total. The molecule has 0 radical (unpaired) electrons. The van der Waals surface area contributed by atoms with E-state index < -0.39 is 5.97 Å². The van der Waals surface area contributed by atoms with E-state index in [9.17, 15) is 9.90 Å². The Bertz CT molecular complexity index is 483. The summed E-state index contributed by atoms with van der Waals surface area (Å²) in [6.07, 6.45) is 4.67. The lowest BCUT2D eigenvalue weighted by atomic mass is 10.1. The first-order valence-corrected chi connectivity index (χ1v) is 5.41. The molecule has 1 aromatic rings. The molecule has 102 valence electrons. The van der Waals surface area contributed by atoms with Crippen LogP contribution in [0.1, 0.15) is 5.56 Å². The number of ether oxygens (including phenoxy) is 2. The summed E-state index contributed by atoms with van der Waals surface area (Å²) in [6, 6.07) is 3.25. The van der Waals surface area contributed by atoms with Crippen molar-refractivity contribution in [1.29, 1.82) is 0 Å². The minimum atomic E-state index is -0.988. The Hall–Kier alpha value is -2.50. The largest absolute Gasteiger partial charge is 0.502 e. The third-order valence-corrected chi connectivity index (χ3v) is 2.21. The van der Waals surface area contributed by atoms with E-state index in [0.29, 0.717) is 11.5 Å². The van der Waals surface area contributed by atoms with Crippen molar-refractivity contribution in [3.05, 3.63) is 23.8 Å². The molecule has 0 aromatic heterocycles. The predicted molar refractivity (Wildman–Crippen MR) is 71.2 cm³/mol. The molecular weight excluding hydrogens is 250 g/mol. The summed E-state index contributed by atoms with van der Waals surface area (Å²) in [5.74, 6) is -0.470. The normalized spacial score (nSPS) is 11.1. The van der Waals surface area contributed by atoms with Crippen molar-refractivity contribution in [3.8, 4) is 17.2 Å². The van der Waals surface area contributed by atoms with E-state index in [-0.39, 0.29) is 12.3 Å². The topological polar surface area (TPSA) is 88.4 Å². The van der Waals surface area contributed by atoms with E-state index in [2.05, 4.69) is 4.99 Å². The first kappa shape index (κ1) is 14.6. The average molecular weight is 265 g/mol. The lowest BCUT2D eigenvalue weighted by Crippen LogP contribution is -1.98. The molecule has 6 nitrogen and oxygen atoms in total. The Morgan fingerprint density at radius 1 is 1.32 bits per heavy atom. The number of aromatic hydroxyl groups is 1. The van der Waals surface area contributed by atoms with Crippen LogP contribution in [-0.4, -0.2) is 43.2 Å². The van der Waals surface area contributed by atoms with Gasteiger partial charge in [-0.05, 0) is 23.8 Å². The van der Waals surface area contributed by atoms with Crippen LogP contribution in [0.4, 0.5) is 0 Å². The van der Waals surface area contributed by atoms with Gasteiger partial charge in [-0.3, -0.25) is 9.79 Å². The third-order valence-electron chi connectivity index (χ3n) is 2.21. The zero-order valence-corrected chi connectivity index (χ0v) is 10.7. The summed E-state index contributed by atoms with van der Waals surface area (Å²) in [5, 5.41) is 18.1. The van der Waals surface area contributed by atoms with Crippen LogP contribution in [0.25, 0.3) is 6.08 Å². The second-order valence-corrected chi connectivity index (χ2v) is 3.52. The number of methoxy groups -OCH3 is 2. The van der Waals surface area contributed by atoms with Gasteiger partial charge in [0.1, 0.15) is 6.54 Å². The number of aliphatic carboxylic acids is 1. The lowest BCUT2D eigenvalue weighted by Gasteiger charge is -2.09. The van der Waals surface area contributed by atoms with Crippen LogP contribution in [0, 0.1) is 0 Å². The number of hydrogen-bond acceptors (Lipinski definition) is 5. The first-order chi connectivity index (χ1) is 9.08. The summed E-state index contributed by atoms with van der Waals surface area (Å²) in [7, 11) is 2.88. The molecule has 0 heterocycles. The van der Waals surface area contributed by atoms with Crippen molar-refractivity contribution >= 4 is 18.3 Å². The van der Waals surface area contributed by atoms with Gasteiger partial charge in [-0.1, -0.05) is 6.08 Å². The molecule has 0 saturated carbocycles. The maximum absolute atomic E-state index is 10.2. The molecule has 1 aromatic carbocycles. The lowest BCUT2D eigenvalue weighted by molar-refractivity contribution is -0.135. The molecular formula is C13H15NO5. The minimum Gasteiger partial charge on any atom is -0.502 e. The van der Waals surface area contributed by atoms with E-state index in [1.165, 1.54) is 20.4 Å². The fourth-order valence-electron chi connectivity index (χ4n) is 1.36. The van der Waals surface area contributed by atoms with Gasteiger partial charge in [-0.15, -0.1) is 0 Å². The SMILES string of the molecule is COc1cc(/C=C/C=NCC(=O)O)cc(OC)c1O. The van der Waals surface area contributed by atoms with Crippen molar-refractivity contribution in [1.82, 2.24) is 0 Å². The van der Waals surface area contributed by atoms with Crippen LogP contribution >= 0.6 is 0 Å². The van der Waals surface area contributed by atoms with Crippen LogP contribution < -0.4 is 9.47 Å². The second kappa shape index (κ2) is 7.05. The predicted octanol–water partition coefficient (Wildman–Crippen LogP) is 1.58. The quantitative estimate of drug-likeness (QED) is 0.762. The van der Waals surface area contributed by atoms with E-state index in [1.54, 1.807) is 24.3 Å². The summed E-state index contributed by atoms with van der Waals surface area (Å²) in [4.78, 5) is 13.9. The minimum absolute atomic E-state index is 0.0679. The molecule has 19 heavy (non-hydrogen) atoms. The highest BCUT2D eigenvalue weighted by molar-refractivity contribution is 5.81. The highest BCUT2D eigenvalue weighted by Gasteiger charge is 2.09. The molecule has 0 aliphatic carbocycles. The van der Waals surface area contributed by atoms with Gasteiger partial charge < -0.3 is 19.7 Å². The zero-order chi connectivity index (χ0) is 14.3. The number of allylic oxidation sites excluding steroid dienone is 1. The number of rotatable bonds is 6. The maximum atomic E-state index is 10.2. The Balaban J connectivity index is 2.86. The van der Waals surface area contributed by atoms with Crippen LogP contribution in [0.2, 0.25) is 0 Å². The van der Waals surface area contributed by atoms with Crippen molar-refractivity contribution in [2.24, 2.45) is 4.99 Å². The fourth-order valence-corrected chi connectivity index (χ4v) is 1.36. The van der Waals surface area contributed by atoms with Crippen LogP contribution in [0.3, 0.4) is 0 Å². The number of benzene rings is 1. The molecule has 0 amide bonds. The van der Waals surface area contributed by atoms with Gasteiger partial charge in [0, 0.05) is 6.21 Å². The van der Waals surface area contributed by atoms with Gasteiger partial charge in [-0.25, -0.2) is 0 Å². The summed E-state index contributed by atoms with van der Waals surface area (Å²) in [6.45, 7) is -0.271. The molecule has 6 heteroatoms. The summed E-state index contributed by atoms with van der Waals surface area (Å²) >= 11 is 0. The maximum Gasteiger partial charge on any atom is 0.325 e. The van der Waals surface area contributed by atoms with E-state index in [4.69, 9.17) is 14.6 Å². The van der Waals surface area contributed by atoms with Gasteiger partial charge in [-0.2, -0.15) is 0 Å². The number of hydrogen-bond donors (Lipinski definition) is 2. The molecule has 0 fully saturated rings. The van der Waals surface area contributed by atoms with Crippen molar-refractivity contribution in [3.63, 3.8) is 0 Å². The van der Waals surface area contributed by atoms with Crippen molar-refractivity contribution < 1.29 is 24.5 Å². The monoisotopic (exact) mass is 265 g/mol. The number of nitrogens with zero attached hydrogens (tertiary/aromatic N) is 1. The van der Waals surface area contributed by atoms with Gasteiger partial charge >= 0.3 is 5.97 Å². The van der Waals surface area contributed by atoms with Crippen LogP contribution in [0.5, 0.6) is 17.2 Å². The molecule has 0 atom stereocenters. The average Bonchev–Trinajstić information content (AvgIpc) is 2.39. The molecule has 0 aliphatic heterocycles. The zero-order valence-electron chi connectivity index (χ0n) is 10.7.